The summed E-state index contributed by atoms with van der Waals surface area (Å²) < 4.78 is 14.1. The van der Waals surface area contributed by atoms with Crippen molar-refractivity contribution in [1.82, 2.24) is 4.72 Å². The van der Waals surface area contributed by atoms with Gasteiger partial charge in [0.25, 0.3) is 0 Å². The van der Waals surface area contributed by atoms with Gasteiger partial charge in [0.15, 0.2) is 0 Å². The number of aliphatic hydroxyl groups is 1. The van der Waals surface area contributed by atoms with Crippen molar-refractivity contribution < 1.29 is 9.32 Å². The molecule has 1 unspecified atom stereocenters. The first kappa shape index (κ1) is 14.9. The molecule has 1 aromatic carbocycles. The van der Waals surface area contributed by atoms with Crippen LogP contribution >= 0.6 is 23.2 Å². The standard InChI is InChI=1S/C11H15Cl2NO2S/c1-2-6-17(16)14-7-10(15)8-4-3-5-9(12)11(8)13/h3-5,10,14-15H,2,6-7H2,1H3/t10?,17-/m1/s1. The lowest BCUT2D eigenvalue weighted by molar-refractivity contribution is 0.182. The Balaban J connectivity index is 2.61. The van der Waals surface area contributed by atoms with Crippen molar-refractivity contribution in [1.29, 1.82) is 0 Å². The SMILES string of the molecule is CCC[S@@](=O)NCC(O)c1cccc(Cl)c1Cl. The lowest BCUT2D eigenvalue weighted by atomic mass is 10.1. The molecule has 0 spiro atoms. The summed E-state index contributed by atoms with van der Waals surface area (Å²) in [5, 5.41) is 10.6. The summed E-state index contributed by atoms with van der Waals surface area (Å²) in [6, 6.07) is 5.07. The summed E-state index contributed by atoms with van der Waals surface area (Å²) in [6.07, 6.45) is 0.00942. The van der Waals surface area contributed by atoms with Crippen molar-refractivity contribution in [2.75, 3.05) is 12.3 Å². The van der Waals surface area contributed by atoms with E-state index in [4.69, 9.17) is 23.2 Å². The number of rotatable bonds is 6. The predicted molar refractivity (Wildman–Crippen MR) is 72.7 cm³/mol. The first-order chi connectivity index (χ1) is 8.06. The molecular weight excluding hydrogens is 281 g/mol. The predicted octanol–water partition coefficient (Wildman–Crippen LogP) is 2.69. The van der Waals surface area contributed by atoms with E-state index in [1.54, 1.807) is 18.2 Å². The van der Waals surface area contributed by atoms with Gasteiger partial charge in [-0.05, 0) is 12.5 Å². The van der Waals surface area contributed by atoms with Gasteiger partial charge in [-0.2, -0.15) is 0 Å². The van der Waals surface area contributed by atoms with Crippen LogP contribution < -0.4 is 4.72 Å². The number of aliphatic hydroxyl groups excluding tert-OH is 1. The highest BCUT2D eigenvalue weighted by Crippen LogP contribution is 2.29. The fourth-order valence-electron chi connectivity index (χ4n) is 1.32. The summed E-state index contributed by atoms with van der Waals surface area (Å²) in [5.41, 5.74) is 0.542. The van der Waals surface area contributed by atoms with Crippen LogP contribution in [0.15, 0.2) is 18.2 Å². The average molecular weight is 296 g/mol. The lowest BCUT2D eigenvalue weighted by Gasteiger charge is -2.13. The van der Waals surface area contributed by atoms with E-state index in [9.17, 15) is 9.32 Å². The molecule has 0 bridgehead atoms. The molecular formula is C11H15Cl2NO2S. The highest BCUT2D eigenvalue weighted by Gasteiger charge is 2.14. The number of hydrogen-bond donors (Lipinski definition) is 2. The third-order valence-electron chi connectivity index (χ3n) is 2.17. The summed E-state index contributed by atoms with van der Waals surface area (Å²) in [6.45, 7) is 2.14. The van der Waals surface area contributed by atoms with Crippen molar-refractivity contribution in [2.24, 2.45) is 0 Å². The summed E-state index contributed by atoms with van der Waals surface area (Å²) in [5.74, 6) is 0.565. The minimum Gasteiger partial charge on any atom is -0.387 e. The van der Waals surface area contributed by atoms with Gasteiger partial charge in [-0.15, -0.1) is 0 Å². The second-order valence-electron chi connectivity index (χ2n) is 3.56. The maximum Gasteiger partial charge on any atom is 0.0939 e. The van der Waals surface area contributed by atoms with Crippen LogP contribution in [0.2, 0.25) is 10.0 Å². The Hall–Kier alpha value is -0.130. The molecule has 2 N–H and O–H groups in total. The van der Waals surface area contributed by atoms with Gasteiger partial charge in [-0.1, -0.05) is 42.3 Å². The van der Waals surface area contributed by atoms with Crippen LogP contribution in [0.1, 0.15) is 25.0 Å². The Bertz CT molecular complexity index is 401. The van der Waals surface area contributed by atoms with E-state index in [-0.39, 0.29) is 6.54 Å². The van der Waals surface area contributed by atoms with E-state index in [2.05, 4.69) is 4.72 Å². The van der Waals surface area contributed by atoms with Crippen molar-refractivity contribution in [2.45, 2.75) is 19.4 Å². The smallest absolute Gasteiger partial charge is 0.0939 e. The quantitative estimate of drug-likeness (QED) is 0.848. The van der Waals surface area contributed by atoms with E-state index in [0.717, 1.165) is 6.42 Å². The monoisotopic (exact) mass is 295 g/mol. The van der Waals surface area contributed by atoms with Gasteiger partial charge in [0.05, 0.1) is 27.1 Å². The van der Waals surface area contributed by atoms with E-state index >= 15 is 0 Å². The molecule has 1 rings (SSSR count). The molecule has 3 nitrogen and oxygen atoms in total. The van der Waals surface area contributed by atoms with Crippen molar-refractivity contribution in [3.05, 3.63) is 33.8 Å². The Kier molecular flexibility index (Phi) is 6.44. The Morgan fingerprint density at radius 1 is 1.47 bits per heavy atom. The zero-order valence-electron chi connectivity index (χ0n) is 9.45. The molecule has 0 radical (unpaired) electrons. The van der Waals surface area contributed by atoms with E-state index in [1.165, 1.54) is 0 Å². The van der Waals surface area contributed by atoms with E-state index in [1.807, 2.05) is 6.92 Å². The normalized spacial score (nSPS) is 14.6. The largest absolute Gasteiger partial charge is 0.387 e. The molecule has 0 aromatic heterocycles. The van der Waals surface area contributed by atoms with Crippen LogP contribution in [0.4, 0.5) is 0 Å². The molecule has 0 aliphatic carbocycles. The summed E-state index contributed by atoms with van der Waals surface area (Å²) in [7, 11) is -1.11. The average Bonchev–Trinajstić information content (AvgIpc) is 2.30. The van der Waals surface area contributed by atoms with Crippen LogP contribution in [0.25, 0.3) is 0 Å². The van der Waals surface area contributed by atoms with Crippen LogP contribution in [-0.2, 0) is 11.0 Å². The minimum absolute atomic E-state index is 0.187. The molecule has 6 heteroatoms. The number of hydrogen-bond acceptors (Lipinski definition) is 2. The molecule has 96 valence electrons. The molecule has 2 atom stereocenters. The maximum absolute atomic E-state index is 11.4. The molecule has 0 fully saturated rings. The fraction of sp³-hybridized carbons (Fsp3) is 0.455. The maximum atomic E-state index is 11.4. The van der Waals surface area contributed by atoms with Gasteiger partial charge >= 0.3 is 0 Å². The number of halogens is 2. The zero-order valence-corrected chi connectivity index (χ0v) is 11.8. The van der Waals surface area contributed by atoms with Gasteiger partial charge in [0.2, 0.25) is 0 Å². The van der Waals surface area contributed by atoms with Crippen LogP contribution in [-0.4, -0.2) is 21.6 Å². The van der Waals surface area contributed by atoms with E-state index in [0.29, 0.717) is 21.4 Å². The van der Waals surface area contributed by atoms with Gasteiger partial charge in [-0.25, -0.2) is 8.93 Å². The third-order valence-corrected chi connectivity index (χ3v) is 4.27. The Morgan fingerprint density at radius 3 is 2.82 bits per heavy atom. The van der Waals surface area contributed by atoms with Gasteiger partial charge < -0.3 is 5.11 Å². The molecule has 0 saturated carbocycles. The summed E-state index contributed by atoms with van der Waals surface area (Å²) >= 11 is 11.8. The molecule has 0 amide bonds. The molecule has 1 aromatic rings. The van der Waals surface area contributed by atoms with Crippen molar-refractivity contribution in [3.63, 3.8) is 0 Å². The first-order valence-electron chi connectivity index (χ1n) is 5.30. The number of nitrogens with one attached hydrogen (secondary N) is 1. The molecule has 17 heavy (non-hydrogen) atoms. The second-order valence-corrected chi connectivity index (χ2v) is 5.73. The summed E-state index contributed by atoms with van der Waals surface area (Å²) in [4.78, 5) is 0. The lowest BCUT2D eigenvalue weighted by Crippen LogP contribution is -2.25. The third kappa shape index (κ3) is 4.56. The highest BCUT2D eigenvalue weighted by molar-refractivity contribution is 7.83. The topological polar surface area (TPSA) is 49.3 Å². The van der Waals surface area contributed by atoms with Gasteiger partial charge in [0.1, 0.15) is 0 Å². The van der Waals surface area contributed by atoms with E-state index < -0.39 is 17.1 Å². The first-order valence-corrected chi connectivity index (χ1v) is 7.37. The Morgan fingerprint density at radius 2 is 2.18 bits per heavy atom. The molecule has 0 heterocycles. The number of benzene rings is 1. The zero-order chi connectivity index (χ0) is 12.8. The fourth-order valence-corrected chi connectivity index (χ4v) is 2.61. The van der Waals surface area contributed by atoms with Crippen LogP contribution in [0.5, 0.6) is 0 Å². The van der Waals surface area contributed by atoms with Gasteiger partial charge in [-0.3, -0.25) is 0 Å². The second kappa shape index (κ2) is 7.34. The van der Waals surface area contributed by atoms with Crippen molar-refractivity contribution >= 4 is 34.2 Å². The Labute approximate surface area is 114 Å². The van der Waals surface area contributed by atoms with Gasteiger partial charge in [0, 0.05) is 17.9 Å². The minimum atomic E-state index is -1.11. The molecule has 0 saturated heterocycles. The van der Waals surface area contributed by atoms with Crippen LogP contribution in [0, 0.1) is 0 Å². The molecule has 0 aliphatic heterocycles. The highest BCUT2D eigenvalue weighted by atomic mass is 35.5. The molecule has 0 aliphatic rings. The van der Waals surface area contributed by atoms with Crippen molar-refractivity contribution in [3.8, 4) is 0 Å². The van der Waals surface area contributed by atoms with Crippen LogP contribution in [0.3, 0.4) is 0 Å².